The minimum absolute atomic E-state index is 0. The highest BCUT2D eigenvalue weighted by molar-refractivity contribution is 14.0. The van der Waals surface area contributed by atoms with Crippen LogP contribution in [0.4, 0.5) is 0 Å². The third kappa shape index (κ3) is 6.97. The fourth-order valence-corrected chi connectivity index (χ4v) is 2.65. The fourth-order valence-electron chi connectivity index (χ4n) is 2.65. The summed E-state index contributed by atoms with van der Waals surface area (Å²) in [7, 11) is 0. The van der Waals surface area contributed by atoms with Crippen LogP contribution in [0.25, 0.3) is 0 Å². The van der Waals surface area contributed by atoms with E-state index >= 15 is 0 Å². The zero-order valence-electron chi connectivity index (χ0n) is 14.3. The molecule has 0 aromatic heterocycles. The van der Waals surface area contributed by atoms with E-state index in [1.165, 1.54) is 6.42 Å². The lowest BCUT2D eigenvalue weighted by Gasteiger charge is -2.34. The smallest absolute Gasteiger partial charge is 0.193 e. The van der Waals surface area contributed by atoms with Gasteiger partial charge in [0, 0.05) is 39.0 Å². The summed E-state index contributed by atoms with van der Waals surface area (Å²) in [5.41, 5.74) is 0. The molecule has 1 fully saturated rings. The molecule has 1 aliphatic rings. The van der Waals surface area contributed by atoms with E-state index in [0.717, 1.165) is 57.2 Å². The highest BCUT2D eigenvalue weighted by Gasteiger charge is 2.22. The maximum Gasteiger partial charge on any atom is 0.193 e. The Morgan fingerprint density at radius 1 is 1.22 bits per heavy atom. The first-order valence-electron chi connectivity index (χ1n) is 8.58. The number of rotatable bonds is 6. The molecule has 0 radical (unpaired) electrons. The van der Waals surface area contributed by atoms with Crippen molar-refractivity contribution < 1.29 is 4.74 Å². The van der Waals surface area contributed by atoms with Gasteiger partial charge in [-0.2, -0.15) is 0 Å². The van der Waals surface area contributed by atoms with E-state index in [1.807, 2.05) is 30.3 Å². The van der Waals surface area contributed by atoms with Gasteiger partial charge in [-0.1, -0.05) is 31.5 Å². The number of nitrogens with one attached hydrogen (secondary N) is 1. The predicted molar refractivity (Wildman–Crippen MR) is 108 cm³/mol. The monoisotopic (exact) mass is 431 g/mol. The molecule has 4 nitrogen and oxygen atoms in total. The van der Waals surface area contributed by atoms with E-state index in [-0.39, 0.29) is 24.0 Å². The second-order valence-corrected chi connectivity index (χ2v) is 5.71. The maximum atomic E-state index is 6.05. The molecule has 0 bridgehead atoms. The van der Waals surface area contributed by atoms with Gasteiger partial charge in [-0.05, 0) is 25.5 Å². The highest BCUT2D eigenvalue weighted by atomic mass is 127. The van der Waals surface area contributed by atoms with Crippen molar-refractivity contribution in [3.8, 4) is 5.75 Å². The number of nitrogens with zero attached hydrogens (tertiary/aromatic N) is 2. The second kappa shape index (κ2) is 11.5. The molecule has 1 aromatic rings. The van der Waals surface area contributed by atoms with Crippen molar-refractivity contribution in [1.29, 1.82) is 0 Å². The summed E-state index contributed by atoms with van der Waals surface area (Å²) in [6.07, 6.45) is 4.76. The molecule has 130 valence electrons. The molecule has 0 unspecified atom stereocenters. The van der Waals surface area contributed by atoms with Gasteiger partial charge in [0.05, 0.1) is 0 Å². The van der Waals surface area contributed by atoms with Crippen molar-refractivity contribution in [3.63, 3.8) is 0 Å². The summed E-state index contributed by atoms with van der Waals surface area (Å²) in [5, 5.41) is 3.41. The van der Waals surface area contributed by atoms with Crippen LogP contribution in [0.2, 0.25) is 0 Å². The molecule has 1 aliphatic heterocycles. The Labute approximate surface area is 157 Å². The summed E-state index contributed by atoms with van der Waals surface area (Å²) in [6.45, 7) is 8.19. The predicted octanol–water partition coefficient (Wildman–Crippen LogP) is 3.91. The average molecular weight is 431 g/mol. The standard InChI is InChI=1S/C18H29N3O.HI/c1-3-5-13-20-18(19-4-2)21-14-11-17(12-15-21)22-16-9-7-6-8-10-16;/h6-10,17H,3-5,11-15H2,1-2H3,(H,19,20);1H. The summed E-state index contributed by atoms with van der Waals surface area (Å²) in [4.78, 5) is 7.09. The van der Waals surface area contributed by atoms with Crippen LogP contribution in [-0.4, -0.2) is 43.1 Å². The number of aliphatic imine (C=N–C) groups is 1. The third-order valence-corrected chi connectivity index (χ3v) is 3.90. The number of likely N-dealkylation sites (tertiary alicyclic amines) is 1. The van der Waals surface area contributed by atoms with Crippen molar-refractivity contribution in [2.24, 2.45) is 4.99 Å². The molecule has 1 heterocycles. The number of ether oxygens (including phenoxy) is 1. The Morgan fingerprint density at radius 2 is 1.91 bits per heavy atom. The third-order valence-electron chi connectivity index (χ3n) is 3.90. The van der Waals surface area contributed by atoms with Gasteiger partial charge in [0.2, 0.25) is 0 Å². The van der Waals surface area contributed by atoms with E-state index in [9.17, 15) is 0 Å². The average Bonchev–Trinajstić information content (AvgIpc) is 2.56. The number of benzene rings is 1. The van der Waals surface area contributed by atoms with Gasteiger partial charge in [0.1, 0.15) is 11.9 Å². The fraction of sp³-hybridized carbons (Fsp3) is 0.611. The van der Waals surface area contributed by atoms with E-state index in [1.54, 1.807) is 0 Å². The van der Waals surface area contributed by atoms with Gasteiger partial charge >= 0.3 is 0 Å². The van der Waals surface area contributed by atoms with Crippen LogP contribution < -0.4 is 10.1 Å². The number of halogens is 1. The zero-order chi connectivity index (χ0) is 15.6. The molecule has 23 heavy (non-hydrogen) atoms. The van der Waals surface area contributed by atoms with Crippen LogP contribution in [0.15, 0.2) is 35.3 Å². The quantitative estimate of drug-likeness (QED) is 0.321. The highest BCUT2D eigenvalue weighted by Crippen LogP contribution is 2.18. The van der Waals surface area contributed by atoms with Crippen molar-refractivity contribution in [1.82, 2.24) is 10.2 Å². The Bertz CT molecular complexity index is 445. The lowest BCUT2D eigenvalue weighted by molar-refractivity contribution is 0.129. The second-order valence-electron chi connectivity index (χ2n) is 5.71. The number of para-hydroxylation sites is 1. The largest absolute Gasteiger partial charge is 0.490 e. The van der Waals surface area contributed by atoms with Crippen LogP contribution in [0, 0.1) is 0 Å². The molecule has 0 aliphatic carbocycles. The zero-order valence-corrected chi connectivity index (χ0v) is 16.7. The van der Waals surface area contributed by atoms with Gasteiger partial charge < -0.3 is 15.0 Å². The molecular weight excluding hydrogens is 401 g/mol. The lowest BCUT2D eigenvalue weighted by Crippen LogP contribution is -2.47. The van der Waals surface area contributed by atoms with Crippen molar-refractivity contribution in [2.45, 2.75) is 45.6 Å². The normalized spacial score (nSPS) is 15.9. The molecule has 5 heteroatoms. The molecule has 1 N–H and O–H groups in total. The number of piperidine rings is 1. The summed E-state index contributed by atoms with van der Waals surface area (Å²) < 4.78 is 6.05. The summed E-state index contributed by atoms with van der Waals surface area (Å²) in [6, 6.07) is 10.1. The van der Waals surface area contributed by atoms with Crippen molar-refractivity contribution in [2.75, 3.05) is 26.2 Å². The summed E-state index contributed by atoms with van der Waals surface area (Å²) in [5.74, 6) is 2.04. The first-order valence-corrected chi connectivity index (χ1v) is 8.58. The van der Waals surface area contributed by atoms with Gasteiger partial charge in [-0.3, -0.25) is 4.99 Å². The van der Waals surface area contributed by atoms with Crippen LogP contribution >= 0.6 is 24.0 Å². The van der Waals surface area contributed by atoms with Crippen LogP contribution in [-0.2, 0) is 0 Å². The molecule has 2 rings (SSSR count). The van der Waals surface area contributed by atoms with E-state index in [2.05, 4.69) is 24.1 Å². The van der Waals surface area contributed by atoms with E-state index in [0.29, 0.717) is 6.10 Å². The lowest BCUT2D eigenvalue weighted by atomic mass is 10.1. The Kier molecular flexibility index (Phi) is 10.1. The molecule has 0 atom stereocenters. The Morgan fingerprint density at radius 3 is 2.52 bits per heavy atom. The first-order chi connectivity index (χ1) is 10.8. The van der Waals surface area contributed by atoms with Gasteiger partial charge in [-0.15, -0.1) is 24.0 Å². The Balaban J connectivity index is 0.00000264. The molecule has 0 amide bonds. The summed E-state index contributed by atoms with van der Waals surface area (Å²) >= 11 is 0. The SMILES string of the molecule is CCCCN=C(NCC)N1CCC(Oc2ccccc2)CC1.I. The molecule has 0 spiro atoms. The Hall–Kier alpha value is -0.980. The first kappa shape index (κ1) is 20.1. The van der Waals surface area contributed by atoms with Crippen LogP contribution in [0.3, 0.4) is 0 Å². The van der Waals surface area contributed by atoms with Crippen molar-refractivity contribution >= 4 is 29.9 Å². The number of unbranched alkanes of at least 4 members (excludes halogenated alkanes) is 1. The number of hydrogen-bond acceptors (Lipinski definition) is 2. The van der Waals surface area contributed by atoms with E-state index in [4.69, 9.17) is 9.73 Å². The van der Waals surface area contributed by atoms with Crippen molar-refractivity contribution in [3.05, 3.63) is 30.3 Å². The van der Waals surface area contributed by atoms with Crippen LogP contribution in [0.1, 0.15) is 39.5 Å². The number of hydrogen-bond donors (Lipinski definition) is 1. The van der Waals surface area contributed by atoms with Gasteiger partial charge in [0.25, 0.3) is 0 Å². The number of guanidine groups is 1. The van der Waals surface area contributed by atoms with Gasteiger partial charge in [0.15, 0.2) is 5.96 Å². The maximum absolute atomic E-state index is 6.05. The molecule has 1 aromatic carbocycles. The molecular formula is C18H30IN3O. The molecule has 1 saturated heterocycles. The molecule has 0 saturated carbocycles. The minimum Gasteiger partial charge on any atom is -0.490 e. The minimum atomic E-state index is 0. The van der Waals surface area contributed by atoms with Crippen LogP contribution in [0.5, 0.6) is 5.75 Å². The van der Waals surface area contributed by atoms with Gasteiger partial charge in [-0.25, -0.2) is 0 Å². The topological polar surface area (TPSA) is 36.9 Å². The van der Waals surface area contributed by atoms with E-state index < -0.39 is 0 Å².